The highest BCUT2D eigenvalue weighted by molar-refractivity contribution is 5.29. The van der Waals surface area contributed by atoms with Gasteiger partial charge in [-0.05, 0) is 43.6 Å². The van der Waals surface area contributed by atoms with Gasteiger partial charge >= 0.3 is 0 Å². The maximum absolute atomic E-state index is 9.35. The zero-order chi connectivity index (χ0) is 10.7. The van der Waals surface area contributed by atoms with Crippen LogP contribution in [0.4, 0.5) is 0 Å². The minimum atomic E-state index is 0.00944. The van der Waals surface area contributed by atoms with Gasteiger partial charge in [0.15, 0.2) is 0 Å². The van der Waals surface area contributed by atoms with E-state index in [0.717, 1.165) is 25.2 Å². The Hall–Kier alpha value is -1.06. The fourth-order valence-corrected chi connectivity index (χ4v) is 2.10. The van der Waals surface area contributed by atoms with Crippen molar-refractivity contribution in [1.82, 2.24) is 4.90 Å². The van der Waals surface area contributed by atoms with Gasteiger partial charge in [-0.25, -0.2) is 0 Å². The van der Waals surface area contributed by atoms with E-state index in [1.165, 1.54) is 12.8 Å². The fourth-order valence-electron chi connectivity index (χ4n) is 2.10. The van der Waals surface area contributed by atoms with Crippen molar-refractivity contribution in [2.24, 2.45) is 5.73 Å². The lowest BCUT2D eigenvalue weighted by Crippen LogP contribution is -2.29. The van der Waals surface area contributed by atoms with Gasteiger partial charge in [0.25, 0.3) is 0 Å². The van der Waals surface area contributed by atoms with Gasteiger partial charge in [-0.3, -0.25) is 0 Å². The third kappa shape index (κ3) is 2.70. The van der Waals surface area contributed by atoms with Gasteiger partial charge < -0.3 is 15.7 Å². The molecule has 0 spiro atoms. The number of benzene rings is 1. The molecule has 82 valence electrons. The summed E-state index contributed by atoms with van der Waals surface area (Å²) in [5.74, 6) is 0.296. The topological polar surface area (TPSA) is 49.5 Å². The summed E-state index contributed by atoms with van der Waals surface area (Å²) < 4.78 is 0. The van der Waals surface area contributed by atoms with E-state index in [4.69, 9.17) is 5.73 Å². The van der Waals surface area contributed by atoms with E-state index in [1.54, 1.807) is 12.1 Å². The van der Waals surface area contributed by atoms with E-state index in [0.29, 0.717) is 5.75 Å². The number of nitrogens with two attached hydrogens (primary N) is 1. The van der Waals surface area contributed by atoms with Crippen molar-refractivity contribution >= 4 is 0 Å². The van der Waals surface area contributed by atoms with Crippen molar-refractivity contribution < 1.29 is 5.11 Å². The van der Waals surface area contributed by atoms with E-state index in [2.05, 4.69) is 4.90 Å². The molecule has 3 nitrogen and oxygen atoms in total. The van der Waals surface area contributed by atoms with Crippen molar-refractivity contribution in [1.29, 1.82) is 0 Å². The number of hydrogen-bond acceptors (Lipinski definition) is 3. The number of aromatic hydroxyl groups is 1. The first kappa shape index (κ1) is 10.5. The number of hydrogen-bond donors (Lipinski definition) is 2. The highest BCUT2D eigenvalue weighted by atomic mass is 16.3. The molecule has 1 saturated heterocycles. The molecule has 0 bridgehead atoms. The molecular weight excluding hydrogens is 188 g/mol. The van der Waals surface area contributed by atoms with Gasteiger partial charge in [0.1, 0.15) is 5.75 Å². The summed E-state index contributed by atoms with van der Waals surface area (Å²) in [5.41, 5.74) is 7.11. The summed E-state index contributed by atoms with van der Waals surface area (Å²) in [7, 11) is 0. The first-order chi connectivity index (χ1) is 7.25. The number of phenols is 1. The Bertz CT molecular complexity index is 321. The van der Waals surface area contributed by atoms with E-state index in [1.807, 2.05) is 12.1 Å². The maximum Gasteiger partial charge on any atom is 0.115 e. The summed E-state index contributed by atoms with van der Waals surface area (Å²) in [4.78, 5) is 2.38. The Morgan fingerprint density at radius 2 is 2.07 bits per heavy atom. The van der Waals surface area contributed by atoms with Crippen LogP contribution >= 0.6 is 0 Å². The van der Waals surface area contributed by atoms with Gasteiger partial charge in [0.05, 0.1) is 0 Å². The van der Waals surface area contributed by atoms with Crippen LogP contribution in [0.25, 0.3) is 0 Å². The maximum atomic E-state index is 9.35. The summed E-state index contributed by atoms with van der Waals surface area (Å²) in [6, 6.07) is 7.25. The minimum Gasteiger partial charge on any atom is -0.508 e. The summed E-state index contributed by atoms with van der Waals surface area (Å²) in [6.07, 6.45) is 2.57. The van der Waals surface area contributed by atoms with Gasteiger partial charge in [-0.15, -0.1) is 0 Å². The van der Waals surface area contributed by atoms with Gasteiger partial charge in [0, 0.05) is 12.6 Å². The summed E-state index contributed by atoms with van der Waals surface area (Å²) >= 11 is 0. The first-order valence-electron chi connectivity index (χ1n) is 5.52. The average molecular weight is 206 g/mol. The van der Waals surface area contributed by atoms with Crippen molar-refractivity contribution in [3.8, 4) is 5.75 Å². The quantitative estimate of drug-likeness (QED) is 0.787. The number of nitrogens with zero attached hydrogens (tertiary/aromatic N) is 1. The Morgan fingerprint density at radius 1 is 1.33 bits per heavy atom. The second-order valence-electron chi connectivity index (χ2n) is 4.21. The number of likely N-dealkylation sites (tertiary alicyclic amines) is 1. The smallest absolute Gasteiger partial charge is 0.115 e. The molecule has 1 aromatic carbocycles. The standard InChI is InChI=1S/C12H18N2O/c13-12(9-14-6-1-2-7-14)10-4-3-5-11(15)8-10/h3-5,8,12,15H,1-2,6-7,9,13H2. The predicted octanol–water partition coefficient (Wildman–Crippen LogP) is 1.49. The molecule has 3 heteroatoms. The Labute approximate surface area is 90.5 Å². The Balaban J connectivity index is 1.97. The largest absolute Gasteiger partial charge is 0.508 e. The minimum absolute atomic E-state index is 0.00944. The zero-order valence-corrected chi connectivity index (χ0v) is 8.89. The van der Waals surface area contributed by atoms with Crippen LogP contribution in [0.1, 0.15) is 24.4 Å². The van der Waals surface area contributed by atoms with Crippen molar-refractivity contribution in [2.45, 2.75) is 18.9 Å². The second-order valence-corrected chi connectivity index (χ2v) is 4.21. The molecule has 1 atom stereocenters. The molecule has 1 unspecified atom stereocenters. The lowest BCUT2D eigenvalue weighted by atomic mass is 10.1. The van der Waals surface area contributed by atoms with E-state index in [-0.39, 0.29) is 6.04 Å². The van der Waals surface area contributed by atoms with Crippen LogP contribution in [0.2, 0.25) is 0 Å². The number of rotatable bonds is 3. The predicted molar refractivity (Wildman–Crippen MR) is 60.7 cm³/mol. The van der Waals surface area contributed by atoms with Gasteiger partial charge in [-0.2, -0.15) is 0 Å². The average Bonchev–Trinajstić information content (AvgIpc) is 2.70. The van der Waals surface area contributed by atoms with Crippen molar-refractivity contribution in [2.75, 3.05) is 19.6 Å². The first-order valence-corrected chi connectivity index (χ1v) is 5.52. The SMILES string of the molecule is NC(CN1CCCC1)c1cccc(O)c1. The molecular formula is C12H18N2O. The fraction of sp³-hybridized carbons (Fsp3) is 0.500. The summed E-state index contributed by atoms with van der Waals surface area (Å²) in [5, 5.41) is 9.35. The van der Waals surface area contributed by atoms with Crippen LogP contribution in [0, 0.1) is 0 Å². The third-order valence-corrected chi connectivity index (χ3v) is 2.95. The molecule has 0 radical (unpaired) electrons. The van der Waals surface area contributed by atoms with Crippen LogP contribution < -0.4 is 5.73 Å². The summed E-state index contributed by atoms with van der Waals surface area (Å²) in [6.45, 7) is 3.21. The van der Waals surface area contributed by atoms with E-state index >= 15 is 0 Å². The van der Waals surface area contributed by atoms with Crippen LogP contribution in [0.3, 0.4) is 0 Å². The van der Waals surface area contributed by atoms with Crippen LogP contribution in [0.15, 0.2) is 24.3 Å². The normalized spacial score (nSPS) is 19.3. The number of phenolic OH excluding ortho intramolecular Hbond substituents is 1. The highest BCUT2D eigenvalue weighted by Crippen LogP contribution is 2.19. The molecule has 0 aliphatic carbocycles. The van der Waals surface area contributed by atoms with Crippen molar-refractivity contribution in [3.63, 3.8) is 0 Å². The molecule has 1 heterocycles. The lowest BCUT2D eigenvalue weighted by Gasteiger charge is -2.20. The molecule has 0 amide bonds. The molecule has 1 fully saturated rings. The molecule has 1 aromatic rings. The molecule has 0 aromatic heterocycles. The second kappa shape index (κ2) is 4.64. The van der Waals surface area contributed by atoms with Gasteiger partial charge in [-0.1, -0.05) is 12.1 Å². The Kier molecular flexibility index (Phi) is 3.23. The third-order valence-electron chi connectivity index (χ3n) is 2.95. The molecule has 3 N–H and O–H groups in total. The molecule has 1 aliphatic rings. The van der Waals surface area contributed by atoms with Crippen molar-refractivity contribution in [3.05, 3.63) is 29.8 Å². The molecule has 1 aliphatic heterocycles. The molecule has 15 heavy (non-hydrogen) atoms. The lowest BCUT2D eigenvalue weighted by molar-refractivity contribution is 0.316. The highest BCUT2D eigenvalue weighted by Gasteiger charge is 2.15. The van der Waals surface area contributed by atoms with Crippen LogP contribution in [-0.2, 0) is 0 Å². The van der Waals surface area contributed by atoms with Gasteiger partial charge in [0.2, 0.25) is 0 Å². The van der Waals surface area contributed by atoms with Crippen LogP contribution in [0.5, 0.6) is 5.75 Å². The monoisotopic (exact) mass is 206 g/mol. The van der Waals surface area contributed by atoms with Crippen LogP contribution in [-0.4, -0.2) is 29.6 Å². The van der Waals surface area contributed by atoms with E-state index in [9.17, 15) is 5.11 Å². The molecule has 0 saturated carbocycles. The zero-order valence-electron chi connectivity index (χ0n) is 8.89. The molecule has 2 rings (SSSR count). The van der Waals surface area contributed by atoms with E-state index < -0.39 is 0 Å². The Morgan fingerprint density at radius 3 is 2.73 bits per heavy atom.